The molecule has 202 valence electrons. The number of fused-ring (bicyclic) bond motifs is 3. The number of pyridine rings is 1. The van der Waals surface area contributed by atoms with Crippen LogP contribution in [0, 0.1) is 32.1 Å². The summed E-state index contributed by atoms with van der Waals surface area (Å²) in [5.41, 5.74) is 13.6. The van der Waals surface area contributed by atoms with E-state index in [1.807, 2.05) is 12.1 Å². The van der Waals surface area contributed by atoms with Gasteiger partial charge in [0.1, 0.15) is 18.2 Å². The molecule has 41 heavy (non-hydrogen) atoms. The molecule has 0 atom stereocenters. The first-order chi connectivity index (χ1) is 19.6. The van der Waals surface area contributed by atoms with Gasteiger partial charge in [-0.3, -0.25) is 0 Å². The van der Waals surface area contributed by atoms with Crippen LogP contribution in [0.2, 0.25) is 0 Å². The zero-order chi connectivity index (χ0) is 29.1. The molecule has 0 unspecified atom stereocenters. The number of nitrogens with zero attached hydrogens (tertiary/aromatic N) is 2. The van der Waals surface area contributed by atoms with E-state index in [4.69, 9.17) is 4.42 Å². The Kier molecular flexibility index (Phi) is 6.31. The van der Waals surface area contributed by atoms with Crippen molar-refractivity contribution < 1.29 is 8.98 Å². The van der Waals surface area contributed by atoms with Crippen LogP contribution in [0.25, 0.3) is 55.4 Å². The fourth-order valence-corrected chi connectivity index (χ4v) is 5.82. The highest BCUT2D eigenvalue weighted by atomic mass is 16.3. The maximum absolute atomic E-state index is 10.1. The first-order valence-corrected chi connectivity index (χ1v) is 14.1. The van der Waals surface area contributed by atoms with E-state index in [0.717, 1.165) is 55.4 Å². The van der Waals surface area contributed by atoms with Crippen LogP contribution in [0.5, 0.6) is 0 Å². The molecule has 0 aliphatic heterocycles. The van der Waals surface area contributed by atoms with Crippen LogP contribution in [0.15, 0.2) is 89.5 Å². The minimum atomic E-state index is 0.120. The molecule has 0 spiro atoms. The van der Waals surface area contributed by atoms with Crippen LogP contribution < -0.4 is 4.57 Å². The van der Waals surface area contributed by atoms with Crippen molar-refractivity contribution in [2.75, 3.05) is 0 Å². The Morgan fingerprint density at radius 2 is 1.22 bits per heavy atom. The summed E-state index contributed by atoms with van der Waals surface area (Å²) < 4.78 is 8.94. The van der Waals surface area contributed by atoms with Gasteiger partial charge in [0, 0.05) is 28.0 Å². The lowest BCUT2D eigenvalue weighted by Gasteiger charge is -2.19. The lowest BCUT2D eigenvalue weighted by molar-refractivity contribution is -0.660. The van der Waals surface area contributed by atoms with Crippen molar-refractivity contribution in [2.24, 2.45) is 7.05 Å². The van der Waals surface area contributed by atoms with Crippen molar-refractivity contribution in [3.05, 3.63) is 113 Å². The molecule has 0 amide bonds. The number of benzene rings is 4. The highest BCUT2D eigenvalue weighted by Gasteiger charge is 2.24. The summed E-state index contributed by atoms with van der Waals surface area (Å²) in [6.45, 7) is 13.1. The Morgan fingerprint density at radius 3 is 1.83 bits per heavy atom. The molecule has 0 N–H and O–H groups in total. The van der Waals surface area contributed by atoms with E-state index < -0.39 is 0 Å². The van der Waals surface area contributed by atoms with E-state index >= 15 is 0 Å². The number of hydrogen-bond acceptors (Lipinski definition) is 2. The Balaban J connectivity index is 1.52. The van der Waals surface area contributed by atoms with E-state index in [1.165, 1.54) is 22.3 Å². The Labute approximate surface area is 242 Å². The monoisotopic (exact) mass is 535 g/mol. The largest absolute Gasteiger partial charge is 0.454 e. The molecule has 2 aromatic heterocycles. The molecule has 0 bridgehead atoms. The van der Waals surface area contributed by atoms with E-state index in [-0.39, 0.29) is 5.41 Å². The van der Waals surface area contributed by atoms with Gasteiger partial charge in [-0.2, -0.15) is 5.26 Å². The lowest BCUT2D eigenvalue weighted by atomic mass is 9.86. The van der Waals surface area contributed by atoms with Gasteiger partial charge in [0.05, 0.1) is 17.2 Å². The average Bonchev–Trinajstić information content (AvgIpc) is 3.33. The van der Waals surface area contributed by atoms with Gasteiger partial charge < -0.3 is 4.42 Å². The predicted octanol–water partition coefficient (Wildman–Crippen LogP) is 9.51. The van der Waals surface area contributed by atoms with Gasteiger partial charge in [-0.1, -0.05) is 81.4 Å². The Morgan fingerprint density at radius 1 is 0.659 bits per heavy atom. The smallest absolute Gasteiger partial charge is 0.216 e. The third-order valence-electron chi connectivity index (χ3n) is 8.39. The summed E-state index contributed by atoms with van der Waals surface area (Å²) in [5.74, 6) is 0. The molecule has 0 aliphatic carbocycles. The third-order valence-corrected chi connectivity index (χ3v) is 8.39. The number of aryl methyl sites for hydroxylation is 4. The maximum atomic E-state index is 10.1. The summed E-state index contributed by atoms with van der Waals surface area (Å²) in [7, 11) is 2.08. The van der Waals surface area contributed by atoms with Crippen molar-refractivity contribution >= 4 is 21.9 Å². The zero-order valence-corrected chi connectivity index (χ0v) is 24.9. The first kappa shape index (κ1) is 26.5. The van der Waals surface area contributed by atoms with Crippen LogP contribution in [-0.4, -0.2) is 0 Å². The molecular formula is C38H35N2O+. The van der Waals surface area contributed by atoms with Gasteiger partial charge in [0.2, 0.25) is 5.69 Å². The third kappa shape index (κ3) is 4.50. The van der Waals surface area contributed by atoms with Crippen LogP contribution >= 0.6 is 0 Å². The number of hydrogen-bond donors (Lipinski definition) is 0. The average molecular weight is 536 g/mol. The molecule has 6 aromatic rings. The van der Waals surface area contributed by atoms with Crippen molar-refractivity contribution in [2.45, 2.75) is 47.0 Å². The molecule has 0 radical (unpaired) electrons. The summed E-state index contributed by atoms with van der Waals surface area (Å²) in [5, 5.41) is 12.2. The molecule has 2 heterocycles. The van der Waals surface area contributed by atoms with Gasteiger partial charge in [-0.15, -0.1) is 0 Å². The molecule has 0 aliphatic rings. The summed E-state index contributed by atoms with van der Waals surface area (Å²) in [4.78, 5) is 0. The van der Waals surface area contributed by atoms with Gasteiger partial charge in [-0.05, 0) is 71.7 Å². The second-order valence-corrected chi connectivity index (χ2v) is 12.3. The number of rotatable bonds is 3. The van der Waals surface area contributed by atoms with E-state index in [2.05, 4.69) is 132 Å². The van der Waals surface area contributed by atoms with Crippen LogP contribution in [0.4, 0.5) is 0 Å². The number of nitriles is 1. The lowest BCUT2D eigenvalue weighted by Crippen LogP contribution is -2.31. The number of furan rings is 1. The van der Waals surface area contributed by atoms with Crippen molar-refractivity contribution in [3.8, 4) is 39.6 Å². The fraction of sp³-hybridized carbons (Fsp3) is 0.211. The number of aromatic nitrogens is 1. The molecule has 0 saturated carbocycles. The molecule has 0 saturated heterocycles. The van der Waals surface area contributed by atoms with Crippen molar-refractivity contribution in [3.63, 3.8) is 0 Å². The summed E-state index contributed by atoms with van der Waals surface area (Å²) in [6.07, 6.45) is 2.17. The first-order valence-electron chi connectivity index (χ1n) is 14.1. The van der Waals surface area contributed by atoms with Gasteiger partial charge in [-0.25, -0.2) is 4.57 Å². The van der Waals surface area contributed by atoms with Crippen LogP contribution in [-0.2, 0) is 12.5 Å². The van der Waals surface area contributed by atoms with E-state index in [1.54, 1.807) is 0 Å². The standard InChI is InChI=1S/C38H35N2O/c1-23-8-18-31-32-19-15-29(21-39)35(37(32)41-36(31)34(23)33-20-24(2)25(3)22-40(33)7)28-11-9-26(10-12-28)27-13-16-30(17-14-27)38(4,5)6/h8-20,22H,1-7H3/q+1. The topological polar surface area (TPSA) is 40.8 Å². The van der Waals surface area contributed by atoms with E-state index in [9.17, 15) is 5.26 Å². The normalized spacial score (nSPS) is 11.8. The molecule has 3 nitrogen and oxygen atoms in total. The van der Waals surface area contributed by atoms with Crippen LogP contribution in [0.3, 0.4) is 0 Å². The molecule has 3 heteroatoms. The summed E-state index contributed by atoms with van der Waals surface area (Å²) >= 11 is 0. The minimum Gasteiger partial charge on any atom is -0.454 e. The van der Waals surface area contributed by atoms with Crippen molar-refractivity contribution in [1.29, 1.82) is 5.26 Å². The zero-order valence-electron chi connectivity index (χ0n) is 24.9. The van der Waals surface area contributed by atoms with Crippen LogP contribution in [0.1, 0.15) is 48.6 Å². The molecule has 0 fully saturated rings. The van der Waals surface area contributed by atoms with Crippen molar-refractivity contribution in [1.82, 2.24) is 0 Å². The Bertz CT molecular complexity index is 1990. The second kappa shape index (κ2) is 9.75. The van der Waals surface area contributed by atoms with Gasteiger partial charge in [0.15, 0.2) is 6.20 Å². The van der Waals surface area contributed by atoms with E-state index in [0.29, 0.717) is 5.56 Å². The SMILES string of the molecule is Cc1cc(-c2c(C)ccc3c2oc2c(-c4ccc(-c5ccc(C(C)(C)C)cc5)cc4)c(C#N)ccc23)[n+](C)cc1C. The molecule has 4 aromatic carbocycles. The van der Waals surface area contributed by atoms with Gasteiger partial charge >= 0.3 is 0 Å². The predicted molar refractivity (Wildman–Crippen MR) is 169 cm³/mol. The summed E-state index contributed by atoms with van der Waals surface area (Å²) in [6, 6.07) is 30.2. The quantitative estimate of drug-likeness (QED) is 0.212. The Hall–Kier alpha value is -4.68. The fourth-order valence-electron chi connectivity index (χ4n) is 5.82. The minimum absolute atomic E-state index is 0.120. The van der Waals surface area contributed by atoms with Gasteiger partial charge in [0.25, 0.3) is 0 Å². The molecular weight excluding hydrogens is 500 g/mol. The highest BCUT2D eigenvalue weighted by Crippen LogP contribution is 2.42. The molecule has 6 rings (SSSR count). The highest BCUT2D eigenvalue weighted by molar-refractivity contribution is 6.14. The maximum Gasteiger partial charge on any atom is 0.216 e. The second-order valence-electron chi connectivity index (χ2n) is 12.3.